The van der Waals surface area contributed by atoms with Crippen molar-refractivity contribution in [3.05, 3.63) is 0 Å². The van der Waals surface area contributed by atoms with E-state index in [9.17, 15) is 4.79 Å². The zero-order chi connectivity index (χ0) is 11.0. The predicted molar refractivity (Wildman–Crippen MR) is 57.6 cm³/mol. The summed E-state index contributed by atoms with van der Waals surface area (Å²) < 4.78 is 4.85. The first kappa shape index (κ1) is 10.7. The molecule has 0 aromatic rings. The van der Waals surface area contributed by atoms with Gasteiger partial charge in [-0.2, -0.15) is 0 Å². The Labute approximate surface area is 91.0 Å². The minimum Gasteiger partial charge on any atom is -0.453 e. The Morgan fingerprint density at radius 2 is 2.20 bits per heavy atom. The Bertz CT molecular complexity index is 255. The number of carbonyl (C=O) groups excluding carboxylic acids is 1. The van der Waals surface area contributed by atoms with Crippen LogP contribution < -0.4 is 5.32 Å². The van der Waals surface area contributed by atoms with Crippen LogP contribution in [-0.4, -0.2) is 43.8 Å². The second-order valence-electron chi connectivity index (χ2n) is 4.94. The van der Waals surface area contributed by atoms with Crippen molar-refractivity contribution in [1.82, 2.24) is 10.2 Å². The molecule has 3 unspecified atom stereocenters. The highest BCUT2D eigenvalue weighted by Crippen LogP contribution is 2.36. The standard InChI is InChI=1S/C11H20N2O2/c1-7(2)10-9-5-12-4-8(9)6-13(10)11(14)15-3/h7-10,12H,4-6H2,1-3H3. The molecular formula is C11H20N2O2. The molecule has 86 valence electrons. The van der Waals surface area contributed by atoms with E-state index in [-0.39, 0.29) is 6.09 Å². The topological polar surface area (TPSA) is 41.6 Å². The van der Waals surface area contributed by atoms with Crippen molar-refractivity contribution in [3.63, 3.8) is 0 Å². The zero-order valence-corrected chi connectivity index (χ0v) is 9.69. The summed E-state index contributed by atoms with van der Waals surface area (Å²) in [5.41, 5.74) is 0. The van der Waals surface area contributed by atoms with E-state index in [1.54, 1.807) is 0 Å². The first-order valence-corrected chi connectivity index (χ1v) is 5.70. The first-order valence-electron chi connectivity index (χ1n) is 5.70. The number of amides is 1. The zero-order valence-electron chi connectivity index (χ0n) is 9.69. The number of fused-ring (bicyclic) bond motifs is 1. The molecule has 1 amide bonds. The van der Waals surface area contributed by atoms with E-state index in [0.717, 1.165) is 19.6 Å². The molecular weight excluding hydrogens is 192 g/mol. The number of likely N-dealkylation sites (tertiary alicyclic amines) is 1. The van der Waals surface area contributed by atoms with Gasteiger partial charge in [0, 0.05) is 25.7 Å². The Morgan fingerprint density at radius 3 is 2.80 bits per heavy atom. The maximum atomic E-state index is 11.6. The van der Waals surface area contributed by atoms with Crippen molar-refractivity contribution in [2.45, 2.75) is 19.9 Å². The van der Waals surface area contributed by atoms with Crippen LogP contribution >= 0.6 is 0 Å². The Balaban J connectivity index is 2.15. The highest BCUT2D eigenvalue weighted by molar-refractivity contribution is 5.68. The van der Waals surface area contributed by atoms with Gasteiger partial charge in [-0.15, -0.1) is 0 Å². The molecule has 0 spiro atoms. The van der Waals surface area contributed by atoms with E-state index in [1.165, 1.54) is 7.11 Å². The number of rotatable bonds is 1. The SMILES string of the molecule is COC(=O)N1CC2CNCC2C1C(C)C. The molecule has 0 radical (unpaired) electrons. The average Bonchev–Trinajstić information content (AvgIpc) is 2.73. The summed E-state index contributed by atoms with van der Waals surface area (Å²) in [6.45, 7) is 7.30. The van der Waals surface area contributed by atoms with Crippen LogP contribution in [0.2, 0.25) is 0 Å². The van der Waals surface area contributed by atoms with Crippen molar-refractivity contribution in [1.29, 1.82) is 0 Å². The van der Waals surface area contributed by atoms with E-state index in [4.69, 9.17) is 4.74 Å². The lowest BCUT2D eigenvalue weighted by atomic mass is 9.88. The van der Waals surface area contributed by atoms with Crippen LogP contribution in [0.1, 0.15) is 13.8 Å². The lowest BCUT2D eigenvalue weighted by Gasteiger charge is -2.29. The van der Waals surface area contributed by atoms with Crippen molar-refractivity contribution < 1.29 is 9.53 Å². The van der Waals surface area contributed by atoms with Crippen molar-refractivity contribution >= 4 is 6.09 Å². The van der Waals surface area contributed by atoms with Crippen LogP contribution in [0.4, 0.5) is 4.79 Å². The van der Waals surface area contributed by atoms with Crippen LogP contribution in [0.25, 0.3) is 0 Å². The number of nitrogens with one attached hydrogen (secondary N) is 1. The van der Waals surface area contributed by atoms with Crippen LogP contribution in [0.5, 0.6) is 0 Å². The summed E-state index contributed by atoms with van der Waals surface area (Å²) in [4.78, 5) is 13.6. The first-order chi connectivity index (χ1) is 7.15. The molecule has 1 N–H and O–H groups in total. The molecule has 4 nitrogen and oxygen atoms in total. The fourth-order valence-electron chi connectivity index (χ4n) is 3.13. The molecule has 3 atom stereocenters. The summed E-state index contributed by atoms with van der Waals surface area (Å²) in [5.74, 6) is 1.74. The molecule has 0 bridgehead atoms. The molecule has 2 aliphatic heterocycles. The van der Waals surface area contributed by atoms with Crippen molar-refractivity contribution in [3.8, 4) is 0 Å². The lowest BCUT2D eigenvalue weighted by molar-refractivity contribution is 0.102. The summed E-state index contributed by atoms with van der Waals surface area (Å²) in [6, 6.07) is 0.345. The van der Waals surface area contributed by atoms with Gasteiger partial charge in [-0.1, -0.05) is 13.8 Å². The molecule has 0 aromatic heterocycles. The van der Waals surface area contributed by atoms with Gasteiger partial charge in [-0.05, 0) is 17.8 Å². The van der Waals surface area contributed by atoms with Gasteiger partial charge >= 0.3 is 6.09 Å². The molecule has 0 saturated carbocycles. The van der Waals surface area contributed by atoms with E-state index in [1.807, 2.05) is 4.90 Å². The minimum atomic E-state index is -0.164. The van der Waals surface area contributed by atoms with Gasteiger partial charge in [-0.25, -0.2) is 4.79 Å². The summed E-state index contributed by atoms with van der Waals surface area (Å²) >= 11 is 0. The van der Waals surface area contributed by atoms with Gasteiger partial charge in [0.2, 0.25) is 0 Å². The number of ether oxygens (including phenoxy) is 1. The van der Waals surface area contributed by atoms with Gasteiger partial charge in [0.25, 0.3) is 0 Å². The van der Waals surface area contributed by atoms with Crippen LogP contribution in [-0.2, 0) is 4.74 Å². The highest BCUT2D eigenvalue weighted by atomic mass is 16.5. The molecule has 2 saturated heterocycles. The molecule has 2 heterocycles. The molecule has 15 heavy (non-hydrogen) atoms. The van der Waals surface area contributed by atoms with Crippen LogP contribution in [0, 0.1) is 17.8 Å². The molecule has 2 aliphatic rings. The summed E-state index contributed by atoms with van der Waals surface area (Å²) in [6.07, 6.45) is -0.164. The fraction of sp³-hybridized carbons (Fsp3) is 0.909. The number of hydrogen-bond donors (Lipinski definition) is 1. The summed E-state index contributed by atoms with van der Waals surface area (Å²) in [7, 11) is 1.46. The van der Waals surface area contributed by atoms with Crippen molar-refractivity contribution in [2.24, 2.45) is 17.8 Å². The average molecular weight is 212 g/mol. The highest BCUT2D eigenvalue weighted by Gasteiger charge is 2.47. The largest absolute Gasteiger partial charge is 0.453 e. The van der Waals surface area contributed by atoms with E-state index >= 15 is 0 Å². The molecule has 0 aromatic carbocycles. The van der Waals surface area contributed by atoms with Crippen LogP contribution in [0.15, 0.2) is 0 Å². The summed E-state index contributed by atoms with van der Waals surface area (Å²) in [5, 5.41) is 3.41. The molecule has 2 rings (SSSR count). The second-order valence-corrected chi connectivity index (χ2v) is 4.94. The van der Waals surface area contributed by atoms with Gasteiger partial charge in [0.1, 0.15) is 0 Å². The third-order valence-electron chi connectivity index (χ3n) is 3.71. The van der Waals surface area contributed by atoms with E-state index in [2.05, 4.69) is 19.2 Å². The fourth-order valence-corrected chi connectivity index (χ4v) is 3.13. The maximum Gasteiger partial charge on any atom is 0.409 e. The van der Waals surface area contributed by atoms with Crippen molar-refractivity contribution in [2.75, 3.05) is 26.7 Å². The predicted octanol–water partition coefficient (Wildman–Crippen LogP) is 0.929. The second kappa shape index (κ2) is 4.00. The van der Waals surface area contributed by atoms with E-state index < -0.39 is 0 Å². The van der Waals surface area contributed by atoms with Gasteiger partial charge < -0.3 is 15.0 Å². The number of nitrogens with zero attached hydrogens (tertiary/aromatic N) is 1. The third kappa shape index (κ3) is 1.71. The van der Waals surface area contributed by atoms with Gasteiger partial charge in [-0.3, -0.25) is 0 Å². The third-order valence-corrected chi connectivity index (χ3v) is 3.71. The Morgan fingerprint density at radius 1 is 1.47 bits per heavy atom. The van der Waals surface area contributed by atoms with E-state index in [0.29, 0.717) is 23.8 Å². The monoisotopic (exact) mass is 212 g/mol. The number of methoxy groups -OCH3 is 1. The quantitative estimate of drug-likeness (QED) is 0.703. The molecule has 2 fully saturated rings. The Kier molecular flexibility index (Phi) is 2.87. The van der Waals surface area contributed by atoms with Gasteiger partial charge in [0.05, 0.1) is 7.11 Å². The van der Waals surface area contributed by atoms with Gasteiger partial charge in [0.15, 0.2) is 0 Å². The lowest BCUT2D eigenvalue weighted by Crippen LogP contribution is -2.42. The Hall–Kier alpha value is -0.770. The molecule has 4 heteroatoms. The number of carbonyl (C=O) groups is 1. The number of hydrogen-bond acceptors (Lipinski definition) is 3. The van der Waals surface area contributed by atoms with Crippen LogP contribution in [0.3, 0.4) is 0 Å². The molecule has 0 aliphatic carbocycles. The maximum absolute atomic E-state index is 11.6. The smallest absolute Gasteiger partial charge is 0.409 e. The normalized spacial score (nSPS) is 34.7. The minimum absolute atomic E-state index is 0.164.